The summed E-state index contributed by atoms with van der Waals surface area (Å²) in [6, 6.07) is 6.12. The third-order valence-corrected chi connectivity index (χ3v) is 9.10. The summed E-state index contributed by atoms with van der Waals surface area (Å²) in [5.41, 5.74) is 3.88. The Bertz CT molecular complexity index is 1700. The highest BCUT2D eigenvalue weighted by Gasteiger charge is 2.63. The van der Waals surface area contributed by atoms with Crippen LogP contribution in [0.3, 0.4) is 0 Å². The van der Waals surface area contributed by atoms with Crippen LogP contribution >= 0.6 is 0 Å². The van der Waals surface area contributed by atoms with Gasteiger partial charge in [0.15, 0.2) is 22.9 Å². The van der Waals surface area contributed by atoms with E-state index in [2.05, 4.69) is 5.32 Å². The van der Waals surface area contributed by atoms with Gasteiger partial charge in [0.1, 0.15) is 22.8 Å². The van der Waals surface area contributed by atoms with Crippen molar-refractivity contribution in [1.29, 1.82) is 0 Å². The topological polar surface area (TPSA) is 195 Å². The molecule has 13 nitrogen and oxygen atoms in total. The molecule has 0 fully saturated rings. The lowest BCUT2D eigenvalue weighted by Gasteiger charge is -2.50. The SMILES string of the molecule is CN(C)c1cc(NCc2ccc3c(c2)OCO3)c(O)c2c1CC1CC3[C@H](N(C)C)C(O)=C(C(N)=O)C(=O)[C@@]3(O)C(O)=C1C2=O. The van der Waals surface area contributed by atoms with Gasteiger partial charge in [-0.05, 0) is 62.2 Å². The second-order valence-electron chi connectivity index (χ2n) is 12.0. The molecule has 0 bridgehead atoms. The Balaban J connectivity index is 1.44. The summed E-state index contributed by atoms with van der Waals surface area (Å²) in [7, 11) is 6.79. The molecule has 2 unspecified atom stereocenters. The molecule has 44 heavy (non-hydrogen) atoms. The van der Waals surface area contributed by atoms with Gasteiger partial charge in [0, 0.05) is 37.8 Å². The molecule has 3 aliphatic carbocycles. The number of aromatic hydroxyl groups is 1. The summed E-state index contributed by atoms with van der Waals surface area (Å²) in [6.07, 6.45) is 0.210. The van der Waals surface area contributed by atoms with E-state index in [9.17, 15) is 34.8 Å². The van der Waals surface area contributed by atoms with Gasteiger partial charge in [0.25, 0.3) is 5.91 Å². The van der Waals surface area contributed by atoms with Gasteiger partial charge >= 0.3 is 0 Å². The number of benzene rings is 2. The fourth-order valence-corrected chi connectivity index (χ4v) is 7.08. The van der Waals surface area contributed by atoms with Gasteiger partial charge in [-0.25, -0.2) is 0 Å². The number of likely N-dealkylation sites (N-methyl/N-ethyl adjacent to an activating group) is 1. The fourth-order valence-electron chi connectivity index (χ4n) is 7.08. The molecule has 0 spiro atoms. The van der Waals surface area contributed by atoms with E-state index in [-0.39, 0.29) is 48.8 Å². The van der Waals surface area contributed by atoms with E-state index in [0.717, 1.165) is 5.56 Å². The first-order valence-electron chi connectivity index (χ1n) is 14.1. The lowest BCUT2D eigenvalue weighted by Crippen LogP contribution is -2.63. The van der Waals surface area contributed by atoms with Crippen LogP contribution in [-0.2, 0) is 22.6 Å². The summed E-state index contributed by atoms with van der Waals surface area (Å²) in [6.45, 7) is 0.405. The number of phenols is 1. The van der Waals surface area contributed by atoms with Crippen molar-refractivity contribution in [1.82, 2.24) is 4.90 Å². The van der Waals surface area contributed by atoms with Crippen LogP contribution in [0, 0.1) is 11.8 Å². The normalized spacial score (nSPS) is 25.5. The Kier molecular flexibility index (Phi) is 6.78. The van der Waals surface area contributed by atoms with Crippen molar-refractivity contribution in [2.75, 3.05) is 45.2 Å². The van der Waals surface area contributed by atoms with Crippen LogP contribution in [0.5, 0.6) is 17.2 Å². The number of carbonyl (C=O) groups excluding carboxylic acids is 3. The quantitative estimate of drug-likeness (QED) is 0.205. The number of amides is 1. The number of phenolic OH excluding ortho intramolecular Hbond substituents is 1. The number of ether oxygens (including phenoxy) is 2. The first-order chi connectivity index (χ1) is 20.8. The third-order valence-electron chi connectivity index (χ3n) is 9.10. The zero-order chi connectivity index (χ0) is 31.8. The molecular formula is C31H34N4O9. The number of nitrogens with two attached hydrogens (primary N) is 1. The predicted molar refractivity (Wildman–Crippen MR) is 158 cm³/mol. The average molecular weight is 607 g/mol. The number of fused-ring (bicyclic) bond motifs is 4. The van der Waals surface area contributed by atoms with E-state index in [1.165, 1.54) is 4.90 Å². The number of rotatable bonds is 6. The van der Waals surface area contributed by atoms with Crippen molar-refractivity contribution in [3.05, 3.63) is 63.6 Å². The van der Waals surface area contributed by atoms with Crippen LogP contribution in [0.2, 0.25) is 0 Å². The fraction of sp³-hybridized carbons (Fsp3) is 0.387. The summed E-state index contributed by atoms with van der Waals surface area (Å²) >= 11 is 0. The standard InChI is InChI=1S/C31H34N4O9/c1-34(2)18-10-17(33-11-13-5-6-19-20(7-13)44-12-43-19)25(36)22-15(18)8-14-9-16-24(35(3)4)27(38)23(30(32)41)29(40)31(16,42)28(39)21(14)26(22)37/h5-7,10,14,16,24,33,36,38-39,42H,8-9,11-12H2,1-4H3,(H2,32,41)/t14?,16?,24-,31-/m0/s1. The Labute approximate surface area is 252 Å². The molecule has 1 amide bonds. The lowest BCUT2D eigenvalue weighted by atomic mass is 9.58. The van der Waals surface area contributed by atoms with E-state index in [1.807, 2.05) is 17.0 Å². The minimum absolute atomic E-state index is 0.0174. The maximum absolute atomic E-state index is 14.2. The predicted octanol–water partition coefficient (Wildman–Crippen LogP) is 1.53. The molecular weight excluding hydrogens is 572 g/mol. The van der Waals surface area contributed by atoms with Crippen LogP contribution < -0.4 is 25.4 Å². The summed E-state index contributed by atoms with van der Waals surface area (Å²) < 4.78 is 10.8. The number of nitrogens with zero attached hydrogens (tertiary/aromatic N) is 2. The molecule has 4 atom stereocenters. The van der Waals surface area contributed by atoms with E-state index in [0.29, 0.717) is 22.7 Å². The van der Waals surface area contributed by atoms with Gasteiger partial charge in [-0.2, -0.15) is 0 Å². The average Bonchev–Trinajstić information content (AvgIpc) is 3.42. The molecule has 2 aromatic carbocycles. The molecule has 1 heterocycles. The molecule has 4 aliphatic rings. The van der Waals surface area contributed by atoms with Gasteiger partial charge in [0.2, 0.25) is 12.6 Å². The highest BCUT2D eigenvalue weighted by atomic mass is 16.7. The van der Waals surface area contributed by atoms with Gasteiger partial charge in [-0.1, -0.05) is 6.07 Å². The van der Waals surface area contributed by atoms with Crippen molar-refractivity contribution in [3.8, 4) is 17.2 Å². The molecule has 0 radical (unpaired) electrons. The number of hydrogen-bond donors (Lipinski definition) is 6. The number of hydrogen-bond acceptors (Lipinski definition) is 12. The van der Waals surface area contributed by atoms with Gasteiger partial charge < -0.3 is 45.9 Å². The van der Waals surface area contributed by atoms with Gasteiger partial charge in [-0.15, -0.1) is 0 Å². The summed E-state index contributed by atoms with van der Waals surface area (Å²) in [5.74, 6) is -5.66. The molecule has 2 aromatic rings. The van der Waals surface area contributed by atoms with E-state index in [1.54, 1.807) is 40.3 Å². The van der Waals surface area contributed by atoms with Crippen molar-refractivity contribution >= 4 is 28.8 Å². The maximum Gasteiger partial charge on any atom is 0.255 e. The lowest BCUT2D eigenvalue weighted by molar-refractivity contribution is -0.148. The smallest absolute Gasteiger partial charge is 0.255 e. The molecule has 232 valence electrons. The van der Waals surface area contributed by atoms with Gasteiger partial charge in [0.05, 0.1) is 17.3 Å². The monoisotopic (exact) mass is 606 g/mol. The minimum atomic E-state index is -2.69. The number of anilines is 2. The van der Waals surface area contributed by atoms with Crippen LogP contribution in [0.15, 0.2) is 46.9 Å². The number of nitrogens with one attached hydrogen (secondary N) is 1. The largest absolute Gasteiger partial charge is 0.510 e. The van der Waals surface area contributed by atoms with Crippen molar-refractivity contribution in [2.45, 2.75) is 31.0 Å². The zero-order valence-corrected chi connectivity index (χ0v) is 24.7. The van der Waals surface area contributed by atoms with Crippen molar-refractivity contribution < 1.29 is 44.3 Å². The first kappa shape index (κ1) is 29.3. The van der Waals surface area contributed by atoms with E-state index >= 15 is 0 Å². The molecule has 13 heteroatoms. The Morgan fingerprint density at radius 3 is 2.45 bits per heavy atom. The number of carbonyl (C=O) groups is 3. The first-order valence-corrected chi connectivity index (χ1v) is 14.1. The van der Waals surface area contributed by atoms with Crippen LogP contribution in [0.25, 0.3) is 0 Å². The van der Waals surface area contributed by atoms with Crippen LogP contribution in [0.4, 0.5) is 11.4 Å². The number of Topliss-reactive ketones (excluding diaryl/α,β-unsaturated/α-hetero) is 2. The van der Waals surface area contributed by atoms with Crippen LogP contribution in [-0.4, -0.2) is 89.4 Å². The molecule has 6 rings (SSSR count). The number of ketones is 2. The highest BCUT2D eigenvalue weighted by molar-refractivity contribution is 6.25. The second kappa shape index (κ2) is 10.2. The number of aliphatic hydroxyl groups excluding tert-OH is 2. The highest BCUT2D eigenvalue weighted by Crippen LogP contribution is 2.54. The molecule has 0 saturated carbocycles. The zero-order valence-electron chi connectivity index (χ0n) is 24.7. The van der Waals surface area contributed by atoms with Crippen molar-refractivity contribution in [3.63, 3.8) is 0 Å². The molecule has 0 saturated heterocycles. The van der Waals surface area contributed by atoms with E-state index < -0.39 is 58.0 Å². The summed E-state index contributed by atoms with van der Waals surface area (Å²) in [4.78, 5) is 43.3. The Morgan fingerprint density at radius 2 is 1.80 bits per heavy atom. The summed E-state index contributed by atoms with van der Waals surface area (Å²) in [5, 5.41) is 48.9. The molecule has 0 aromatic heterocycles. The molecule has 7 N–H and O–H groups in total. The van der Waals surface area contributed by atoms with Gasteiger partial charge in [-0.3, -0.25) is 19.3 Å². The molecule has 1 aliphatic heterocycles. The third kappa shape index (κ3) is 4.10. The maximum atomic E-state index is 14.2. The van der Waals surface area contributed by atoms with Crippen molar-refractivity contribution in [2.24, 2.45) is 17.6 Å². The van der Waals surface area contributed by atoms with Crippen LogP contribution in [0.1, 0.15) is 27.9 Å². The number of primary amides is 1. The van der Waals surface area contributed by atoms with E-state index in [4.69, 9.17) is 15.2 Å². The number of aliphatic hydroxyl groups is 3. The minimum Gasteiger partial charge on any atom is -0.510 e. The Morgan fingerprint density at radius 1 is 1.09 bits per heavy atom. The number of allylic oxidation sites excluding steroid dienone is 1. The Hall–Kier alpha value is -4.75. The second-order valence-corrected chi connectivity index (χ2v) is 12.0.